The van der Waals surface area contributed by atoms with Gasteiger partial charge in [-0.25, -0.2) is 4.98 Å². The fourth-order valence-corrected chi connectivity index (χ4v) is 3.96. The van der Waals surface area contributed by atoms with Gasteiger partial charge in [0.15, 0.2) is 0 Å². The maximum Gasteiger partial charge on any atom is 0.133 e. The molecule has 1 aromatic carbocycles. The van der Waals surface area contributed by atoms with E-state index in [0.29, 0.717) is 0 Å². The molecule has 0 saturated carbocycles. The molecule has 0 amide bonds. The van der Waals surface area contributed by atoms with Gasteiger partial charge < -0.3 is 10.1 Å². The Hall–Kier alpha value is -0.910. The highest BCUT2D eigenvalue weighted by molar-refractivity contribution is 9.10. The lowest BCUT2D eigenvalue weighted by Gasteiger charge is -2.17. The number of hydrogen-bond donors (Lipinski definition) is 1. The Morgan fingerprint density at radius 3 is 2.57 bits per heavy atom. The molecule has 0 saturated heterocycles. The number of benzene rings is 1. The van der Waals surface area contributed by atoms with Gasteiger partial charge in [-0.2, -0.15) is 0 Å². The van der Waals surface area contributed by atoms with Gasteiger partial charge in [0.1, 0.15) is 10.8 Å². The lowest BCUT2D eigenvalue weighted by atomic mass is 9.91. The number of rotatable bonds is 4. The van der Waals surface area contributed by atoms with E-state index in [1.807, 2.05) is 13.1 Å². The van der Waals surface area contributed by atoms with Gasteiger partial charge in [-0.1, -0.05) is 20.8 Å². The first kappa shape index (κ1) is 16.5. The minimum atomic E-state index is 0.0463. The zero-order valence-electron chi connectivity index (χ0n) is 13.1. The van der Waals surface area contributed by atoms with E-state index < -0.39 is 0 Å². The summed E-state index contributed by atoms with van der Waals surface area (Å²) in [7, 11) is 3.64. The summed E-state index contributed by atoms with van der Waals surface area (Å²) in [6, 6.07) is 6.08. The Morgan fingerprint density at radius 2 is 2.05 bits per heavy atom. The molecule has 3 nitrogen and oxygen atoms in total. The smallest absolute Gasteiger partial charge is 0.133 e. The first-order valence-corrected chi connectivity index (χ1v) is 8.46. The third-order valence-corrected chi connectivity index (χ3v) is 4.87. The number of nitrogens with one attached hydrogen (secondary N) is 1. The molecule has 0 bridgehead atoms. The van der Waals surface area contributed by atoms with Crippen molar-refractivity contribution in [3.8, 4) is 16.3 Å². The molecule has 0 aliphatic rings. The molecule has 1 heterocycles. The SMILES string of the molecule is CNCc1sc(-c2ccc(OC)c(Br)c2)nc1C(C)(C)C. The highest BCUT2D eigenvalue weighted by atomic mass is 79.9. The van der Waals surface area contributed by atoms with Gasteiger partial charge in [-0.3, -0.25) is 0 Å². The number of aromatic nitrogens is 1. The van der Waals surface area contributed by atoms with Crippen molar-refractivity contribution in [1.29, 1.82) is 0 Å². The zero-order chi connectivity index (χ0) is 15.6. The van der Waals surface area contributed by atoms with Crippen LogP contribution in [0.4, 0.5) is 0 Å². The van der Waals surface area contributed by atoms with Crippen LogP contribution < -0.4 is 10.1 Å². The van der Waals surface area contributed by atoms with Crippen molar-refractivity contribution >= 4 is 27.3 Å². The minimum absolute atomic E-state index is 0.0463. The van der Waals surface area contributed by atoms with E-state index in [0.717, 1.165) is 27.3 Å². The van der Waals surface area contributed by atoms with Crippen molar-refractivity contribution in [3.63, 3.8) is 0 Å². The third kappa shape index (κ3) is 3.65. The Balaban J connectivity index is 2.47. The molecule has 0 atom stereocenters. The molecule has 0 spiro atoms. The van der Waals surface area contributed by atoms with Gasteiger partial charge in [-0.15, -0.1) is 11.3 Å². The fraction of sp³-hybridized carbons (Fsp3) is 0.438. The van der Waals surface area contributed by atoms with Gasteiger partial charge in [0.05, 0.1) is 17.3 Å². The summed E-state index contributed by atoms with van der Waals surface area (Å²) in [6.45, 7) is 7.46. The highest BCUT2D eigenvalue weighted by Gasteiger charge is 2.23. The van der Waals surface area contributed by atoms with E-state index >= 15 is 0 Å². The van der Waals surface area contributed by atoms with Crippen molar-refractivity contribution in [2.24, 2.45) is 0 Å². The maximum atomic E-state index is 5.28. The molecule has 21 heavy (non-hydrogen) atoms. The maximum absolute atomic E-state index is 5.28. The molecule has 2 rings (SSSR count). The predicted octanol–water partition coefficient (Wildman–Crippen LogP) is 4.60. The first-order chi connectivity index (χ1) is 9.86. The molecule has 1 N–H and O–H groups in total. The van der Waals surface area contributed by atoms with Gasteiger partial charge in [0.25, 0.3) is 0 Å². The molecule has 0 aliphatic heterocycles. The number of thiazole rings is 1. The topological polar surface area (TPSA) is 34.1 Å². The average Bonchev–Trinajstić information content (AvgIpc) is 2.83. The van der Waals surface area contributed by atoms with E-state index in [2.05, 4.69) is 54.2 Å². The van der Waals surface area contributed by atoms with Gasteiger partial charge in [0.2, 0.25) is 0 Å². The van der Waals surface area contributed by atoms with Crippen LogP contribution >= 0.6 is 27.3 Å². The van der Waals surface area contributed by atoms with Crippen molar-refractivity contribution in [3.05, 3.63) is 33.2 Å². The third-order valence-electron chi connectivity index (χ3n) is 3.14. The van der Waals surface area contributed by atoms with Crippen LogP contribution in [0.2, 0.25) is 0 Å². The Morgan fingerprint density at radius 1 is 1.33 bits per heavy atom. The Kier molecular flexibility index (Phi) is 5.07. The molecular weight excluding hydrogens is 348 g/mol. The van der Waals surface area contributed by atoms with Crippen LogP contribution in [0.15, 0.2) is 22.7 Å². The summed E-state index contributed by atoms with van der Waals surface area (Å²) < 4.78 is 6.23. The standard InChI is InChI=1S/C16H21BrN2OS/c1-16(2,3)14-13(9-18-4)21-15(19-14)10-6-7-12(20-5)11(17)8-10/h6-8,18H,9H2,1-5H3. The summed E-state index contributed by atoms with van der Waals surface area (Å²) in [4.78, 5) is 6.18. The molecule has 0 fully saturated rings. The quantitative estimate of drug-likeness (QED) is 0.856. The predicted molar refractivity (Wildman–Crippen MR) is 93.3 cm³/mol. The molecule has 0 aliphatic carbocycles. The molecule has 0 unspecified atom stereocenters. The Labute approximate surface area is 138 Å². The number of hydrogen-bond acceptors (Lipinski definition) is 4. The number of methoxy groups -OCH3 is 1. The molecular formula is C16H21BrN2OS. The number of nitrogens with zero attached hydrogens (tertiary/aromatic N) is 1. The second kappa shape index (κ2) is 6.46. The van der Waals surface area contributed by atoms with Gasteiger partial charge >= 0.3 is 0 Å². The van der Waals surface area contributed by atoms with Crippen molar-refractivity contribution in [2.45, 2.75) is 32.7 Å². The molecule has 1 aromatic heterocycles. The summed E-state index contributed by atoms with van der Waals surface area (Å²) in [5, 5.41) is 4.28. The lowest BCUT2D eigenvalue weighted by molar-refractivity contribution is 0.412. The van der Waals surface area contributed by atoms with Crippen LogP contribution in [-0.2, 0) is 12.0 Å². The first-order valence-electron chi connectivity index (χ1n) is 6.85. The lowest BCUT2D eigenvalue weighted by Crippen LogP contribution is -2.16. The summed E-state index contributed by atoms with van der Waals surface area (Å²) in [5.41, 5.74) is 2.33. The zero-order valence-corrected chi connectivity index (χ0v) is 15.5. The van der Waals surface area contributed by atoms with E-state index in [1.54, 1.807) is 18.4 Å². The van der Waals surface area contributed by atoms with Crippen molar-refractivity contribution in [1.82, 2.24) is 10.3 Å². The molecule has 2 aromatic rings. The molecule has 0 radical (unpaired) electrons. The summed E-state index contributed by atoms with van der Waals surface area (Å²) in [5.74, 6) is 0.835. The number of halogens is 1. The van der Waals surface area contributed by atoms with Crippen LogP contribution in [-0.4, -0.2) is 19.1 Å². The largest absolute Gasteiger partial charge is 0.496 e. The van der Waals surface area contributed by atoms with E-state index in [1.165, 1.54) is 10.6 Å². The van der Waals surface area contributed by atoms with Gasteiger partial charge in [-0.05, 0) is 41.2 Å². The van der Waals surface area contributed by atoms with Crippen LogP contribution in [0.25, 0.3) is 10.6 Å². The van der Waals surface area contributed by atoms with Gasteiger partial charge in [0, 0.05) is 22.4 Å². The number of ether oxygens (including phenoxy) is 1. The highest BCUT2D eigenvalue weighted by Crippen LogP contribution is 2.37. The van der Waals surface area contributed by atoms with Crippen LogP contribution in [0, 0.1) is 0 Å². The monoisotopic (exact) mass is 368 g/mol. The van der Waals surface area contributed by atoms with E-state index in [4.69, 9.17) is 9.72 Å². The second-order valence-corrected chi connectivity index (χ2v) is 7.86. The second-order valence-electron chi connectivity index (χ2n) is 5.92. The normalized spacial score (nSPS) is 11.7. The van der Waals surface area contributed by atoms with Crippen LogP contribution in [0.5, 0.6) is 5.75 Å². The molecule has 114 valence electrons. The van der Waals surface area contributed by atoms with Crippen LogP contribution in [0.3, 0.4) is 0 Å². The fourth-order valence-electron chi connectivity index (χ4n) is 2.14. The van der Waals surface area contributed by atoms with Crippen LogP contribution in [0.1, 0.15) is 31.3 Å². The summed E-state index contributed by atoms with van der Waals surface area (Å²) >= 11 is 5.29. The van der Waals surface area contributed by atoms with E-state index in [-0.39, 0.29) is 5.41 Å². The molecule has 5 heteroatoms. The van der Waals surface area contributed by atoms with Crippen molar-refractivity contribution < 1.29 is 4.74 Å². The minimum Gasteiger partial charge on any atom is -0.496 e. The van der Waals surface area contributed by atoms with E-state index in [9.17, 15) is 0 Å². The van der Waals surface area contributed by atoms with Crippen molar-refractivity contribution in [2.75, 3.05) is 14.2 Å². The summed E-state index contributed by atoms with van der Waals surface area (Å²) in [6.07, 6.45) is 0. The Bertz CT molecular complexity index is 632. The average molecular weight is 369 g/mol.